The van der Waals surface area contributed by atoms with Gasteiger partial charge in [-0.25, -0.2) is 0 Å². The highest BCUT2D eigenvalue weighted by molar-refractivity contribution is 5.23. The molecule has 0 aliphatic heterocycles. The van der Waals surface area contributed by atoms with Gasteiger partial charge in [0.05, 0.1) is 6.10 Å². The second kappa shape index (κ2) is 6.62. The number of rotatable bonds is 6. The Morgan fingerprint density at radius 1 is 1.07 bits per heavy atom. The van der Waals surface area contributed by atoms with E-state index in [-0.39, 0.29) is 6.10 Å². The lowest BCUT2D eigenvalue weighted by Crippen LogP contribution is -2.08. The molecule has 1 aromatic rings. The molecule has 0 saturated heterocycles. The monoisotopic (exact) mass is 206 g/mol. The number of aliphatic hydroxyl groups excluding tert-OH is 1. The fourth-order valence-electron chi connectivity index (χ4n) is 1.64. The molecular formula is C14H22O. The summed E-state index contributed by atoms with van der Waals surface area (Å²) < 4.78 is 0. The first-order chi connectivity index (χ1) is 7.26. The molecule has 1 aromatic carbocycles. The molecule has 0 saturated carbocycles. The van der Waals surface area contributed by atoms with Crippen molar-refractivity contribution in [3.8, 4) is 0 Å². The highest BCUT2D eigenvalue weighted by Crippen LogP contribution is 2.10. The van der Waals surface area contributed by atoms with Crippen LogP contribution in [-0.4, -0.2) is 11.2 Å². The Hall–Kier alpha value is -0.820. The second-order valence-electron chi connectivity index (χ2n) is 4.19. The van der Waals surface area contributed by atoms with Crippen molar-refractivity contribution >= 4 is 0 Å². The molecule has 0 spiro atoms. The average molecular weight is 206 g/mol. The quantitative estimate of drug-likeness (QED) is 0.757. The number of aryl methyl sites for hydroxylation is 1. The predicted octanol–water partition coefficient (Wildman–Crippen LogP) is 3.34. The lowest BCUT2D eigenvalue weighted by molar-refractivity contribution is 0.171. The van der Waals surface area contributed by atoms with E-state index in [2.05, 4.69) is 31.2 Å². The summed E-state index contributed by atoms with van der Waals surface area (Å²) in [6.45, 7) is 4.23. The molecule has 1 atom stereocenters. The van der Waals surface area contributed by atoms with E-state index in [0.717, 1.165) is 12.8 Å². The summed E-state index contributed by atoms with van der Waals surface area (Å²) in [5.41, 5.74) is 2.65. The van der Waals surface area contributed by atoms with Crippen LogP contribution < -0.4 is 0 Å². The molecule has 1 N–H and O–H groups in total. The second-order valence-corrected chi connectivity index (χ2v) is 4.19. The van der Waals surface area contributed by atoms with Gasteiger partial charge in [-0.2, -0.15) is 0 Å². The van der Waals surface area contributed by atoms with Crippen LogP contribution >= 0.6 is 0 Å². The minimum atomic E-state index is -0.188. The van der Waals surface area contributed by atoms with E-state index in [1.807, 2.05) is 6.92 Å². The third-order valence-corrected chi connectivity index (χ3v) is 2.78. The SMILES string of the molecule is CCCCc1ccc(C[C@H](O)CC)cc1. The topological polar surface area (TPSA) is 20.2 Å². The maximum atomic E-state index is 9.52. The van der Waals surface area contributed by atoms with Crippen molar-refractivity contribution in [2.75, 3.05) is 0 Å². The van der Waals surface area contributed by atoms with Gasteiger partial charge in [-0.15, -0.1) is 0 Å². The molecule has 0 heterocycles. The predicted molar refractivity (Wildman–Crippen MR) is 65.1 cm³/mol. The lowest BCUT2D eigenvalue weighted by Gasteiger charge is -2.08. The average Bonchev–Trinajstić information content (AvgIpc) is 2.28. The Morgan fingerprint density at radius 2 is 1.67 bits per heavy atom. The lowest BCUT2D eigenvalue weighted by atomic mass is 10.0. The van der Waals surface area contributed by atoms with Crippen molar-refractivity contribution in [3.05, 3.63) is 35.4 Å². The number of benzene rings is 1. The first-order valence-corrected chi connectivity index (χ1v) is 6.02. The maximum Gasteiger partial charge on any atom is 0.0577 e. The summed E-state index contributed by atoms with van der Waals surface area (Å²) in [5, 5.41) is 9.52. The zero-order valence-electron chi connectivity index (χ0n) is 9.87. The molecule has 0 bridgehead atoms. The van der Waals surface area contributed by atoms with Gasteiger partial charge in [0.2, 0.25) is 0 Å². The van der Waals surface area contributed by atoms with Crippen LogP contribution in [0.4, 0.5) is 0 Å². The van der Waals surface area contributed by atoms with Gasteiger partial charge in [0.15, 0.2) is 0 Å². The first kappa shape index (κ1) is 12.3. The van der Waals surface area contributed by atoms with Crippen LogP contribution in [0.15, 0.2) is 24.3 Å². The highest BCUT2D eigenvalue weighted by atomic mass is 16.3. The van der Waals surface area contributed by atoms with Crippen molar-refractivity contribution in [1.82, 2.24) is 0 Å². The van der Waals surface area contributed by atoms with Gasteiger partial charge in [0.25, 0.3) is 0 Å². The largest absolute Gasteiger partial charge is 0.393 e. The molecule has 1 rings (SSSR count). The zero-order valence-corrected chi connectivity index (χ0v) is 9.87. The van der Waals surface area contributed by atoms with Gasteiger partial charge in [0.1, 0.15) is 0 Å². The number of hydrogen-bond acceptors (Lipinski definition) is 1. The summed E-state index contributed by atoms with van der Waals surface area (Å²) in [4.78, 5) is 0. The smallest absolute Gasteiger partial charge is 0.0577 e. The van der Waals surface area contributed by atoms with Gasteiger partial charge in [-0.1, -0.05) is 44.5 Å². The fourth-order valence-corrected chi connectivity index (χ4v) is 1.64. The molecule has 0 amide bonds. The van der Waals surface area contributed by atoms with Crippen molar-refractivity contribution in [2.45, 2.75) is 52.1 Å². The summed E-state index contributed by atoms with van der Waals surface area (Å²) in [7, 11) is 0. The van der Waals surface area contributed by atoms with Crippen LogP contribution in [-0.2, 0) is 12.8 Å². The van der Waals surface area contributed by atoms with E-state index in [1.54, 1.807) is 0 Å². The van der Waals surface area contributed by atoms with Crippen LogP contribution in [0, 0.1) is 0 Å². The van der Waals surface area contributed by atoms with Crippen molar-refractivity contribution in [2.24, 2.45) is 0 Å². The number of aliphatic hydroxyl groups is 1. The van der Waals surface area contributed by atoms with E-state index >= 15 is 0 Å². The van der Waals surface area contributed by atoms with E-state index in [9.17, 15) is 5.11 Å². The molecule has 1 heteroatoms. The maximum absolute atomic E-state index is 9.52. The Labute approximate surface area is 93.1 Å². The van der Waals surface area contributed by atoms with E-state index in [1.165, 1.54) is 30.4 Å². The van der Waals surface area contributed by atoms with Gasteiger partial charge < -0.3 is 5.11 Å². The minimum Gasteiger partial charge on any atom is -0.393 e. The third-order valence-electron chi connectivity index (χ3n) is 2.78. The van der Waals surface area contributed by atoms with E-state index in [4.69, 9.17) is 0 Å². The minimum absolute atomic E-state index is 0.188. The molecular weight excluding hydrogens is 184 g/mol. The summed E-state index contributed by atoms with van der Waals surface area (Å²) >= 11 is 0. The molecule has 84 valence electrons. The standard InChI is InChI=1S/C14H22O/c1-3-5-6-12-7-9-13(10-8-12)11-14(15)4-2/h7-10,14-15H,3-6,11H2,1-2H3/t14-/m1/s1. The van der Waals surface area contributed by atoms with Crippen LogP contribution in [0.2, 0.25) is 0 Å². The summed E-state index contributed by atoms with van der Waals surface area (Å²) in [6, 6.07) is 8.66. The third kappa shape index (κ3) is 4.48. The molecule has 0 aromatic heterocycles. The van der Waals surface area contributed by atoms with Gasteiger partial charge in [-0.3, -0.25) is 0 Å². The molecule has 0 unspecified atom stereocenters. The summed E-state index contributed by atoms with van der Waals surface area (Å²) in [6.07, 6.45) is 5.11. The van der Waals surface area contributed by atoms with Crippen molar-refractivity contribution in [1.29, 1.82) is 0 Å². The highest BCUT2D eigenvalue weighted by Gasteiger charge is 2.02. The number of unbranched alkanes of at least 4 members (excludes halogenated alkanes) is 1. The van der Waals surface area contributed by atoms with Crippen molar-refractivity contribution < 1.29 is 5.11 Å². The van der Waals surface area contributed by atoms with Crippen LogP contribution in [0.5, 0.6) is 0 Å². The van der Waals surface area contributed by atoms with Crippen LogP contribution in [0.3, 0.4) is 0 Å². The molecule has 1 nitrogen and oxygen atoms in total. The van der Waals surface area contributed by atoms with E-state index in [0.29, 0.717) is 0 Å². The first-order valence-electron chi connectivity index (χ1n) is 6.02. The molecule has 0 aliphatic rings. The Bertz CT molecular complexity index is 263. The molecule has 15 heavy (non-hydrogen) atoms. The van der Waals surface area contributed by atoms with Crippen LogP contribution in [0.25, 0.3) is 0 Å². The normalized spacial score (nSPS) is 12.7. The van der Waals surface area contributed by atoms with Crippen LogP contribution in [0.1, 0.15) is 44.2 Å². The molecule has 0 fully saturated rings. The fraction of sp³-hybridized carbons (Fsp3) is 0.571. The Morgan fingerprint density at radius 3 is 2.20 bits per heavy atom. The van der Waals surface area contributed by atoms with E-state index < -0.39 is 0 Å². The van der Waals surface area contributed by atoms with Crippen molar-refractivity contribution in [3.63, 3.8) is 0 Å². The molecule has 0 aliphatic carbocycles. The molecule has 0 radical (unpaired) electrons. The Balaban J connectivity index is 2.48. The number of hydrogen-bond donors (Lipinski definition) is 1. The Kier molecular flexibility index (Phi) is 5.41. The summed E-state index contributed by atoms with van der Waals surface area (Å²) in [5.74, 6) is 0. The van der Waals surface area contributed by atoms with Gasteiger partial charge in [-0.05, 0) is 36.8 Å². The van der Waals surface area contributed by atoms with Gasteiger partial charge in [0, 0.05) is 0 Å². The van der Waals surface area contributed by atoms with Gasteiger partial charge >= 0.3 is 0 Å². The zero-order chi connectivity index (χ0) is 11.1.